The van der Waals surface area contributed by atoms with Gasteiger partial charge in [0.1, 0.15) is 11.6 Å². The van der Waals surface area contributed by atoms with E-state index in [1.807, 2.05) is 19.1 Å². The standard InChI is InChI=1S/C25H30F2N4O2/c1-17-4-5-22(24(32)28-8-13-30-9-2-3-10-30)23(29-17)18-6-11-31(12-7-18)25(33)19-14-20(26)16-21(27)15-19/h4-5,14-16,18H,2-3,6-13H2,1H3,(H,28,32). The average molecular weight is 457 g/mol. The van der Waals surface area contributed by atoms with Crippen molar-refractivity contribution in [3.05, 3.63) is 64.5 Å². The van der Waals surface area contributed by atoms with E-state index in [0.29, 0.717) is 38.0 Å². The topological polar surface area (TPSA) is 65.5 Å². The summed E-state index contributed by atoms with van der Waals surface area (Å²) in [6.45, 7) is 6.40. The molecule has 1 aromatic heterocycles. The molecule has 4 rings (SSSR count). The highest BCUT2D eigenvalue weighted by atomic mass is 19.1. The Morgan fingerprint density at radius 2 is 1.70 bits per heavy atom. The van der Waals surface area contributed by atoms with E-state index < -0.39 is 11.6 Å². The molecule has 0 saturated carbocycles. The zero-order valence-electron chi connectivity index (χ0n) is 18.9. The molecular formula is C25H30F2N4O2. The number of carbonyl (C=O) groups is 2. The minimum Gasteiger partial charge on any atom is -0.351 e. The van der Waals surface area contributed by atoms with Gasteiger partial charge in [-0.1, -0.05) is 0 Å². The first kappa shape index (κ1) is 23.3. The highest BCUT2D eigenvalue weighted by molar-refractivity contribution is 5.96. The van der Waals surface area contributed by atoms with E-state index in [1.165, 1.54) is 12.8 Å². The lowest BCUT2D eigenvalue weighted by Crippen LogP contribution is -2.39. The number of hydrogen-bond donors (Lipinski definition) is 1. The van der Waals surface area contributed by atoms with Gasteiger partial charge in [-0.25, -0.2) is 8.78 Å². The third-order valence-corrected chi connectivity index (χ3v) is 6.50. The number of amides is 2. The van der Waals surface area contributed by atoms with E-state index in [2.05, 4.69) is 15.2 Å². The molecule has 2 amide bonds. The molecule has 2 aliphatic heterocycles. The second-order valence-corrected chi connectivity index (χ2v) is 8.91. The highest BCUT2D eigenvalue weighted by Gasteiger charge is 2.28. The molecule has 8 heteroatoms. The minimum absolute atomic E-state index is 0.0118. The third-order valence-electron chi connectivity index (χ3n) is 6.50. The Labute approximate surface area is 193 Å². The number of likely N-dealkylation sites (tertiary alicyclic amines) is 2. The van der Waals surface area contributed by atoms with Gasteiger partial charge < -0.3 is 15.1 Å². The Balaban J connectivity index is 1.39. The number of nitrogens with zero attached hydrogens (tertiary/aromatic N) is 3. The first-order valence-corrected chi connectivity index (χ1v) is 11.6. The minimum atomic E-state index is -0.766. The van der Waals surface area contributed by atoms with Crippen LogP contribution < -0.4 is 5.32 Å². The zero-order chi connectivity index (χ0) is 23.4. The van der Waals surface area contributed by atoms with E-state index in [4.69, 9.17) is 0 Å². The first-order valence-electron chi connectivity index (χ1n) is 11.6. The Bertz CT molecular complexity index is 995. The number of piperidine rings is 1. The van der Waals surface area contributed by atoms with Gasteiger partial charge >= 0.3 is 0 Å². The van der Waals surface area contributed by atoms with Crippen LogP contribution in [0.3, 0.4) is 0 Å². The van der Waals surface area contributed by atoms with Crippen molar-refractivity contribution in [2.45, 2.75) is 38.5 Å². The molecule has 0 spiro atoms. The van der Waals surface area contributed by atoms with E-state index in [0.717, 1.165) is 49.2 Å². The van der Waals surface area contributed by atoms with Crippen LogP contribution in [0.2, 0.25) is 0 Å². The van der Waals surface area contributed by atoms with Crippen LogP contribution in [0.5, 0.6) is 0 Å². The summed E-state index contributed by atoms with van der Waals surface area (Å²) in [6.07, 6.45) is 3.70. The Hall–Kier alpha value is -2.87. The molecule has 2 fully saturated rings. The first-order chi connectivity index (χ1) is 15.9. The molecule has 33 heavy (non-hydrogen) atoms. The molecule has 1 N–H and O–H groups in total. The number of benzene rings is 1. The zero-order valence-corrected chi connectivity index (χ0v) is 18.9. The summed E-state index contributed by atoms with van der Waals surface area (Å²) >= 11 is 0. The molecule has 176 valence electrons. The summed E-state index contributed by atoms with van der Waals surface area (Å²) in [5, 5.41) is 3.03. The van der Waals surface area contributed by atoms with Gasteiger partial charge in [-0.2, -0.15) is 0 Å². The molecule has 0 radical (unpaired) electrons. The van der Waals surface area contributed by atoms with Crippen LogP contribution in [-0.4, -0.2) is 65.9 Å². The number of rotatable bonds is 6. The van der Waals surface area contributed by atoms with Crippen molar-refractivity contribution in [2.24, 2.45) is 0 Å². The fourth-order valence-corrected chi connectivity index (χ4v) is 4.72. The fourth-order valence-electron chi connectivity index (χ4n) is 4.72. The Kier molecular flexibility index (Phi) is 7.33. The smallest absolute Gasteiger partial charge is 0.254 e. The SMILES string of the molecule is Cc1ccc(C(=O)NCCN2CCCC2)c(C2CCN(C(=O)c3cc(F)cc(F)c3)CC2)n1. The summed E-state index contributed by atoms with van der Waals surface area (Å²) in [6, 6.07) is 6.55. The molecule has 0 atom stereocenters. The average Bonchev–Trinajstić information content (AvgIpc) is 3.31. The van der Waals surface area contributed by atoms with Crippen molar-refractivity contribution >= 4 is 11.8 Å². The predicted octanol–water partition coefficient (Wildman–Crippen LogP) is 3.51. The quantitative estimate of drug-likeness (QED) is 0.723. The second-order valence-electron chi connectivity index (χ2n) is 8.91. The van der Waals surface area contributed by atoms with Gasteiger partial charge in [0.25, 0.3) is 11.8 Å². The lowest BCUT2D eigenvalue weighted by Gasteiger charge is -2.32. The number of aryl methyl sites for hydroxylation is 1. The molecule has 2 aromatic rings. The monoisotopic (exact) mass is 456 g/mol. The van der Waals surface area contributed by atoms with Crippen LogP contribution in [0.25, 0.3) is 0 Å². The Morgan fingerprint density at radius 1 is 1.03 bits per heavy atom. The number of hydrogen-bond acceptors (Lipinski definition) is 4. The maximum atomic E-state index is 13.5. The molecule has 0 unspecified atom stereocenters. The number of aromatic nitrogens is 1. The Morgan fingerprint density at radius 3 is 2.36 bits per heavy atom. The van der Waals surface area contributed by atoms with Gasteiger partial charge in [0.15, 0.2) is 0 Å². The van der Waals surface area contributed by atoms with Crippen molar-refractivity contribution in [3.8, 4) is 0 Å². The number of halogens is 2. The highest BCUT2D eigenvalue weighted by Crippen LogP contribution is 2.30. The van der Waals surface area contributed by atoms with Crippen molar-refractivity contribution in [2.75, 3.05) is 39.3 Å². The van der Waals surface area contributed by atoms with E-state index in [9.17, 15) is 18.4 Å². The van der Waals surface area contributed by atoms with Gasteiger partial charge in [0.2, 0.25) is 0 Å². The third kappa shape index (κ3) is 5.74. The van der Waals surface area contributed by atoms with Crippen LogP contribution in [-0.2, 0) is 0 Å². The lowest BCUT2D eigenvalue weighted by atomic mass is 9.89. The van der Waals surface area contributed by atoms with E-state index in [1.54, 1.807) is 4.90 Å². The van der Waals surface area contributed by atoms with Crippen LogP contribution in [0, 0.1) is 18.6 Å². The largest absolute Gasteiger partial charge is 0.351 e. The molecule has 2 aliphatic rings. The normalized spacial score (nSPS) is 17.4. The fraction of sp³-hybridized carbons (Fsp3) is 0.480. The number of carbonyl (C=O) groups excluding carboxylic acids is 2. The van der Waals surface area contributed by atoms with Gasteiger partial charge in [0, 0.05) is 49.4 Å². The summed E-state index contributed by atoms with van der Waals surface area (Å²) in [5.41, 5.74) is 2.20. The number of nitrogens with one attached hydrogen (secondary N) is 1. The molecule has 1 aromatic carbocycles. The molecule has 6 nitrogen and oxygen atoms in total. The molecular weight excluding hydrogens is 426 g/mol. The molecule has 2 saturated heterocycles. The van der Waals surface area contributed by atoms with Crippen LogP contribution >= 0.6 is 0 Å². The van der Waals surface area contributed by atoms with Crippen LogP contribution in [0.4, 0.5) is 8.78 Å². The summed E-state index contributed by atoms with van der Waals surface area (Å²) in [5.74, 6) is -2.00. The van der Waals surface area contributed by atoms with Gasteiger partial charge in [-0.05, 0) is 70.0 Å². The maximum absolute atomic E-state index is 13.5. The summed E-state index contributed by atoms with van der Waals surface area (Å²) in [4.78, 5) is 34.3. The van der Waals surface area contributed by atoms with Crippen molar-refractivity contribution in [1.82, 2.24) is 20.1 Å². The maximum Gasteiger partial charge on any atom is 0.254 e. The number of pyridine rings is 1. The molecule has 0 bridgehead atoms. The predicted molar refractivity (Wildman–Crippen MR) is 121 cm³/mol. The molecule has 0 aliphatic carbocycles. The van der Waals surface area contributed by atoms with E-state index in [-0.39, 0.29) is 23.3 Å². The van der Waals surface area contributed by atoms with Gasteiger partial charge in [-0.15, -0.1) is 0 Å². The second kappa shape index (κ2) is 10.4. The molecule has 3 heterocycles. The van der Waals surface area contributed by atoms with Crippen LogP contribution in [0.15, 0.2) is 30.3 Å². The van der Waals surface area contributed by atoms with Crippen molar-refractivity contribution in [3.63, 3.8) is 0 Å². The van der Waals surface area contributed by atoms with Gasteiger partial charge in [0.05, 0.1) is 11.3 Å². The lowest BCUT2D eigenvalue weighted by molar-refractivity contribution is 0.0709. The van der Waals surface area contributed by atoms with Crippen LogP contribution in [0.1, 0.15) is 63.7 Å². The van der Waals surface area contributed by atoms with Crippen molar-refractivity contribution in [1.29, 1.82) is 0 Å². The van der Waals surface area contributed by atoms with Gasteiger partial charge in [-0.3, -0.25) is 14.6 Å². The van der Waals surface area contributed by atoms with Crippen molar-refractivity contribution < 1.29 is 18.4 Å². The van der Waals surface area contributed by atoms with E-state index >= 15 is 0 Å². The summed E-state index contributed by atoms with van der Waals surface area (Å²) in [7, 11) is 0. The summed E-state index contributed by atoms with van der Waals surface area (Å²) < 4.78 is 27.0.